The smallest absolute Gasteiger partial charge is 0.254 e. The molecule has 3 rings (SSSR count). The highest BCUT2D eigenvalue weighted by Gasteiger charge is 2.44. The largest absolute Gasteiger partial charge is 0.354 e. The van der Waals surface area contributed by atoms with Gasteiger partial charge in [0.1, 0.15) is 5.82 Å². The van der Waals surface area contributed by atoms with Gasteiger partial charge in [-0.05, 0) is 30.5 Å². The van der Waals surface area contributed by atoms with E-state index in [0.29, 0.717) is 6.54 Å². The van der Waals surface area contributed by atoms with Crippen molar-refractivity contribution in [3.05, 3.63) is 71.5 Å². The Balaban J connectivity index is 1.49. The van der Waals surface area contributed by atoms with E-state index in [0.717, 1.165) is 12.8 Å². The molecule has 24 heavy (non-hydrogen) atoms. The lowest BCUT2D eigenvalue weighted by atomic mass is 9.96. The van der Waals surface area contributed by atoms with Gasteiger partial charge in [-0.25, -0.2) is 4.39 Å². The molecule has 5 heteroatoms. The molecule has 0 atom stereocenters. The molecule has 4 nitrogen and oxygen atoms in total. The third-order valence-corrected chi connectivity index (χ3v) is 4.39. The number of nitrogens with one attached hydrogen (secondary N) is 2. The molecule has 1 fully saturated rings. The zero-order chi connectivity index (χ0) is 17.0. The Kier molecular flexibility index (Phi) is 4.60. The molecule has 2 amide bonds. The van der Waals surface area contributed by atoms with Crippen LogP contribution in [0.15, 0.2) is 54.6 Å². The zero-order valence-corrected chi connectivity index (χ0v) is 13.2. The van der Waals surface area contributed by atoms with Crippen LogP contribution in [0.5, 0.6) is 0 Å². The molecule has 1 saturated carbocycles. The van der Waals surface area contributed by atoms with Crippen molar-refractivity contribution < 1.29 is 14.0 Å². The van der Waals surface area contributed by atoms with Gasteiger partial charge in [0.2, 0.25) is 5.91 Å². The van der Waals surface area contributed by atoms with Crippen LogP contribution in [0.4, 0.5) is 4.39 Å². The van der Waals surface area contributed by atoms with Gasteiger partial charge in [-0.3, -0.25) is 9.59 Å². The van der Waals surface area contributed by atoms with Gasteiger partial charge in [-0.15, -0.1) is 0 Å². The normalized spacial score (nSPS) is 14.7. The molecule has 1 aliphatic carbocycles. The number of hydrogen-bond acceptors (Lipinski definition) is 2. The summed E-state index contributed by atoms with van der Waals surface area (Å²) in [6, 6.07) is 15.8. The molecule has 0 bridgehead atoms. The third-order valence-electron chi connectivity index (χ3n) is 4.39. The van der Waals surface area contributed by atoms with Gasteiger partial charge in [-0.2, -0.15) is 0 Å². The molecule has 0 heterocycles. The Labute approximate surface area is 140 Å². The summed E-state index contributed by atoms with van der Waals surface area (Å²) in [5.74, 6) is -1.47. The van der Waals surface area contributed by atoms with Gasteiger partial charge in [0.15, 0.2) is 0 Å². The van der Waals surface area contributed by atoms with Crippen LogP contribution in [0.1, 0.15) is 28.8 Å². The monoisotopic (exact) mass is 326 g/mol. The van der Waals surface area contributed by atoms with Crippen molar-refractivity contribution >= 4 is 11.8 Å². The maximum Gasteiger partial charge on any atom is 0.254 e. The molecule has 0 radical (unpaired) electrons. The van der Waals surface area contributed by atoms with E-state index in [2.05, 4.69) is 22.8 Å². The van der Waals surface area contributed by atoms with Crippen LogP contribution in [-0.4, -0.2) is 24.9 Å². The van der Waals surface area contributed by atoms with Crippen LogP contribution in [0.2, 0.25) is 0 Å². The summed E-state index contributed by atoms with van der Waals surface area (Å²) in [5, 5.41) is 5.30. The first-order valence-corrected chi connectivity index (χ1v) is 7.96. The van der Waals surface area contributed by atoms with Crippen LogP contribution in [0, 0.1) is 5.82 Å². The maximum absolute atomic E-state index is 13.5. The second kappa shape index (κ2) is 6.83. The molecule has 2 aromatic rings. The van der Waals surface area contributed by atoms with Crippen molar-refractivity contribution in [1.29, 1.82) is 0 Å². The lowest BCUT2D eigenvalue weighted by molar-refractivity contribution is -0.120. The van der Waals surface area contributed by atoms with Crippen molar-refractivity contribution in [2.45, 2.75) is 18.3 Å². The molecule has 0 saturated heterocycles. The summed E-state index contributed by atoms with van der Waals surface area (Å²) in [6.07, 6.45) is 2.08. The first-order chi connectivity index (χ1) is 11.6. The Hall–Kier alpha value is -2.69. The Bertz CT molecular complexity index is 742. The second-order valence-electron chi connectivity index (χ2n) is 6.09. The number of halogens is 1. The minimum Gasteiger partial charge on any atom is -0.354 e. The zero-order valence-electron chi connectivity index (χ0n) is 13.2. The van der Waals surface area contributed by atoms with Gasteiger partial charge >= 0.3 is 0 Å². The Morgan fingerprint density at radius 3 is 2.29 bits per heavy atom. The standard InChI is InChI=1S/C19H19FN2O2/c20-16-9-5-4-8-15(16)18(24)21-12-17(23)22-13-19(10-11-19)14-6-2-1-3-7-14/h1-9H,10-13H2,(H,21,24)(H,22,23). The van der Waals surface area contributed by atoms with Crippen molar-refractivity contribution in [3.8, 4) is 0 Å². The summed E-state index contributed by atoms with van der Waals surface area (Å²) in [5.41, 5.74) is 1.18. The molecule has 0 aromatic heterocycles. The predicted molar refractivity (Wildman–Crippen MR) is 89.1 cm³/mol. The summed E-state index contributed by atoms with van der Waals surface area (Å²) >= 11 is 0. The number of carbonyl (C=O) groups is 2. The van der Waals surface area contributed by atoms with Crippen molar-refractivity contribution in [2.24, 2.45) is 0 Å². The van der Waals surface area contributed by atoms with E-state index < -0.39 is 11.7 Å². The molecule has 2 aromatic carbocycles. The quantitative estimate of drug-likeness (QED) is 0.856. The molecule has 0 unspecified atom stereocenters. The number of rotatable bonds is 6. The number of amides is 2. The fraction of sp³-hybridized carbons (Fsp3) is 0.263. The van der Waals surface area contributed by atoms with Gasteiger partial charge in [0, 0.05) is 12.0 Å². The lowest BCUT2D eigenvalue weighted by Gasteiger charge is -2.16. The van der Waals surface area contributed by atoms with E-state index in [9.17, 15) is 14.0 Å². The van der Waals surface area contributed by atoms with Crippen molar-refractivity contribution in [3.63, 3.8) is 0 Å². The van der Waals surface area contributed by atoms with Crippen LogP contribution in [0.3, 0.4) is 0 Å². The Morgan fingerprint density at radius 1 is 0.958 bits per heavy atom. The minimum absolute atomic E-state index is 0.0203. The number of benzene rings is 2. The highest BCUT2D eigenvalue weighted by molar-refractivity contribution is 5.96. The van der Waals surface area contributed by atoms with Crippen molar-refractivity contribution in [1.82, 2.24) is 10.6 Å². The molecule has 2 N–H and O–H groups in total. The highest BCUT2D eigenvalue weighted by atomic mass is 19.1. The topological polar surface area (TPSA) is 58.2 Å². The SMILES string of the molecule is O=C(CNC(=O)c1ccccc1F)NCC1(c2ccccc2)CC1. The van der Waals surface area contributed by atoms with E-state index in [1.54, 1.807) is 6.07 Å². The molecular weight excluding hydrogens is 307 g/mol. The predicted octanol–water partition coefficient (Wildman–Crippen LogP) is 2.40. The van der Waals surface area contributed by atoms with E-state index in [1.807, 2.05) is 18.2 Å². The van der Waals surface area contributed by atoms with Gasteiger partial charge in [0.25, 0.3) is 5.91 Å². The maximum atomic E-state index is 13.5. The molecular formula is C19H19FN2O2. The second-order valence-corrected chi connectivity index (χ2v) is 6.09. The first kappa shape index (κ1) is 16.2. The average Bonchev–Trinajstić information content (AvgIpc) is 3.40. The summed E-state index contributed by atoms with van der Waals surface area (Å²) < 4.78 is 13.5. The lowest BCUT2D eigenvalue weighted by Crippen LogP contribution is -2.40. The summed E-state index contributed by atoms with van der Waals surface area (Å²) in [7, 11) is 0. The summed E-state index contributed by atoms with van der Waals surface area (Å²) in [4.78, 5) is 23.8. The van der Waals surface area contributed by atoms with E-state index >= 15 is 0 Å². The fourth-order valence-electron chi connectivity index (χ4n) is 2.74. The fourth-order valence-corrected chi connectivity index (χ4v) is 2.74. The number of carbonyl (C=O) groups excluding carboxylic acids is 2. The Morgan fingerprint density at radius 2 is 1.62 bits per heavy atom. The third kappa shape index (κ3) is 3.62. The van der Waals surface area contributed by atoms with Crippen LogP contribution in [0.25, 0.3) is 0 Å². The van der Waals surface area contributed by atoms with Gasteiger partial charge in [-0.1, -0.05) is 42.5 Å². The minimum atomic E-state index is -0.601. The van der Waals surface area contributed by atoms with Gasteiger partial charge < -0.3 is 10.6 Å². The molecule has 0 spiro atoms. The molecule has 0 aliphatic heterocycles. The van der Waals surface area contributed by atoms with E-state index in [4.69, 9.17) is 0 Å². The average molecular weight is 326 g/mol. The highest BCUT2D eigenvalue weighted by Crippen LogP contribution is 2.47. The van der Waals surface area contributed by atoms with Crippen LogP contribution in [-0.2, 0) is 10.2 Å². The van der Waals surface area contributed by atoms with E-state index in [-0.39, 0.29) is 23.4 Å². The van der Waals surface area contributed by atoms with E-state index in [1.165, 1.54) is 23.8 Å². The number of hydrogen-bond donors (Lipinski definition) is 2. The summed E-state index contributed by atoms with van der Waals surface area (Å²) in [6.45, 7) is 0.378. The van der Waals surface area contributed by atoms with Crippen LogP contribution < -0.4 is 10.6 Å². The first-order valence-electron chi connectivity index (χ1n) is 7.96. The van der Waals surface area contributed by atoms with Gasteiger partial charge in [0.05, 0.1) is 12.1 Å². The van der Waals surface area contributed by atoms with Crippen LogP contribution >= 0.6 is 0 Å². The molecule has 1 aliphatic rings. The molecule has 124 valence electrons. The van der Waals surface area contributed by atoms with Crippen molar-refractivity contribution in [2.75, 3.05) is 13.1 Å².